The summed E-state index contributed by atoms with van der Waals surface area (Å²) in [6, 6.07) is 11.1. The first-order valence-corrected chi connectivity index (χ1v) is 13.2. The second-order valence-corrected chi connectivity index (χ2v) is 10.9. The highest BCUT2D eigenvalue weighted by Crippen LogP contribution is 2.38. The van der Waals surface area contributed by atoms with Crippen LogP contribution in [0.1, 0.15) is 23.6 Å². The number of carbonyl (C=O) groups excluding carboxylic acids is 1. The molecule has 0 saturated heterocycles. The third-order valence-corrected chi connectivity index (χ3v) is 7.91. The number of amides is 1. The van der Waals surface area contributed by atoms with E-state index in [1.165, 1.54) is 20.1 Å². The molecule has 2 aliphatic rings. The molecule has 4 rings (SSSR count). The van der Waals surface area contributed by atoms with E-state index in [1.807, 2.05) is 31.2 Å². The molecule has 0 spiro atoms. The number of amidine groups is 3. The van der Waals surface area contributed by atoms with E-state index in [-0.39, 0.29) is 39.1 Å². The van der Waals surface area contributed by atoms with E-state index in [1.54, 1.807) is 12.1 Å². The minimum atomic E-state index is -3.73. The number of aryl methyl sites for hydroxylation is 1. The Labute approximate surface area is 212 Å². The predicted molar refractivity (Wildman–Crippen MR) is 138 cm³/mol. The van der Waals surface area contributed by atoms with Crippen LogP contribution in [0.15, 0.2) is 51.4 Å². The van der Waals surface area contributed by atoms with E-state index in [2.05, 4.69) is 9.39 Å². The molecule has 12 heteroatoms. The molecule has 1 N–H and O–H groups in total. The fraction of sp³-hybridized carbons (Fsp3) is 0.217. The summed E-state index contributed by atoms with van der Waals surface area (Å²) in [5.41, 5.74) is 2.43. The number of ether oxygens (including phenoxy) is 2. The number of benzene rings is 2. The van der Waals surface area contributed by atoms with Crippen molar-refractivity contribution in [3.63, 3.8) is 0 Å². The number of rotatable bonds is 6. The van der Waals surface area contributed by atoms with Crippen molar-refractivity contribution in [2.75, 3.05) is 12.9 Å². The normalized spacial score (nSPS) is 16.8. The summed E-state index contributed by atoms with van der Waals surface area (Å²) in [5.74, 6) is -0.554. The van der Waals surface area contributed by atoms with Gasteiger partial charge < -0.3 is 9.47 Å². The van der Waals surface area contributed by atoms with Gasteiger partial charge in [-0.1, -0.05) is 48.4 Å². The fourth-order valence-corrected chi connectivity index (χ4v) is 5.53. The number of methoxy groups -OCH3 is 1. The lowest BCUT2D eigenvalue weighted by molar-refractivity contribution is -0.114. The lowest BCUT2D eigenvalue weighted by Crippen LogP contribution is -2.45. The fourth-order valence-electron chi connectivity index (χ4n) is 3.30. The van der Waals surface area contributed by atoms with Crippen molar-refractivity contribution in [2.24, 2.45) is 9.39 Å². The molecule has 0 unspecified atom stereocenters. The monoisotopic (exact) mass is 532 g/mol. The highest BCUT2D eigenvalue weighted by molar-refractivity contribution is 8.16. The third kappa shape index (κ3) is 4.97. The van der Waals surface area contributed by atoms with Crippen LogP contribution in [-0.4, -0.2) is 48.3 Å². The highest BCUT2D eigenvalue weighted by Gasteiger charge is 2.42. The number of hydrogen-bond donors (Lipinski definition) is 1. The highest BCUT2D eigenvalue weighted by atomic mass is 35.5. The van der Waals surface area contributed by atoms with Crippen molar-refractivity contribution in [1.29, 1.82) is 5.41 Å². The lowest BCUT2D eigenvalue weighted by Gasteiger charge is -2.24. The summed E-state index contributed by atoms with van der Waals surface area (Å²) in [6.45, 7) is 3.75. The van der Waals surface area contributed by atoms with Gasteiger partial charge in [0.1, 0.15) is 12.4 Å². The van der Waals surface area contributed by atoms with E-state index >= 15 is 0 Å². The molecule has 0 saturated carbocycles. The zero-order valence-corrected chi connectivity index (χ0v) is 21.4. The molecule has 0 bridgehead atoms. The van der Waals surface area contributed by atoms with Crippen molar-refractivity contribution in [2.45, 2.75) is 20.5 Å². The number of nitrogens with one attached hydrogen (secondary N) is 1. The molecule has 0 radical (unpaired) electrons. The largest absolute Gasteiger partial charge is 0.493 e. The van der Waals surface area contributed by atoms with Crippen molar-refractivity contribution in [1.82, 2.24) is 4.90 Å². The second-order valence-electron chi connectivity index (χ2n) is 7.62. The Hall–Kier alpha value is -3.15. The number of nitrogens with zero attached hydrogens (tertiary/aromatic N) is 3. The number of sulfone groups is 1. The maximum absolute atomic E-state index is 12.6. The van der Waals surface area contributed by atoms with E-state index < -0.39 is 15.7 Å². The third-order valence-electron chi connectivity index (χ3n) is 5.22. The molecule has 0 atom stereocenters. The SMILES string of the molecule is CCS(=O)(=O)C1=NSC2=NC(=O)/C(=C\c3cc(Cl)c(OCc4ccc(C)cc4)c(OC)c3)C(=N)N21. The van der Waals surface area contributed by atoms with Crippen LogP contribution in [0.5, 0.6) is 11.5 Å². The molecule has 1 amide bonds. The zero-order valence-electron chi connectivity index (χ0n) is 19.0. The number of fused-ring (bicyclic) bond motifs is 1. The summed E-state index contributed by atoms with van der Waals surface area (Å²) in [6.07, 6.45) is 1.41. The standard InChI is InChI=1S/C23H21ClN4O5S2/c1-4-35(30,31)23-27-34-22-26-21(29)16(20(25)28(22)23)9-15-10-17(24)19(18(11-15)32-3)33-12-14-7-5-13(2)6-8-14/h5-11,25H,4,12H2,1-3H3/b16-9-,25-20?. The Morgan fingerprint density at radius 2 is 1.94 bits per heavy atom. The van der Waals surface area contributed by atoms with Gasteiger partial charge in [-0.25, -0.2) is 13.3 Å². The van der Waals surface area contributed by atoms with E-state index in [9.17, 15) is 13.2 Å². The van der Waals surface area contributed by atoms with Gasteiger partial charge in [-0.05, 0) is 36.3 Å². The maximum Gasteiger partial charge on any atom is 0.283 e. The second kappa shape index (κ2) is 9.84. The van der Waals surface area contributed by atoms with Crippen molar-refractivity contribution in [3.05, 3.63) is 63.7 Å². The van der Waals surface area contributed by atoms with Gasteiger partial charge in [0, 0.05) is 0 Å². The first-order valence-electron chi connectivity index (χ1n) is 10.4. The average Bonchev–Trinajstić information content (AvgIpc) is 3.26. The van der Waals surface area contributed by atoms with E-state index in [0.717, 1.165) is 28.0 Å². The lowest BCUT2D eigenvalue weighted by atomic mass is 10.1. The summed E-state index contributed by atoms with van der Waals surface area (Å²) >= 11 is 7.22. The molecule has 0 aliphatic carbocycles. The first-order chi connectivity index (χ1) is 16.6. The molecular weight excluding hydrogens is 512 g/mol. The van der Waals surface area contributed by atoms with Crippen LogP contribution in [0.3, 0.4) is 0 Å². The van der Waals surface area contributed by atoms with Crippen LogP contribution in [0.25, 0.3) is 6.08 Å². The van der Waals surface area contributed by atoms with Crippen LogP contribution in [-0.2, 0) is 21.2 Å². The predicted octanol–water partition coefficient (Wildman–Crippen LogP) is 4.25. The van der Waals surface area contributed by atoms with Gasteiger partial charge in [-0.3, -0.25) is 10.2 Å². The Kier molecular flexibility index (Phi) is 7.02. The number of aliphatic imine (C=N–C) groups is 1. The van der Waals surface area contributed by atoms with Crippen LogP contribution in [0.2, 0.25) is 5.02 Å². The van der Waals surface area contributed by atoms with E-state index in [4.69, 9.17) is 26.5 Å². The number of hydrogen-bond acceptors (Lipinski definition) is 8. The molecule has 2 aliphatic heterocycles. The molecule has 2 heterocycles. The van der Waals surface area contributed by atoms with Crippen LogP contribution >= 0.6 is 23.5 Å². The molecule has 182 valence electrons. The molecular formula is C23H21ClN4O5S2. The summed E-state index contributed by atoms with van der Waals surface area (Å²) in [5, 5.41) is 8.47. The number of halogens is 1. The molecule has 2 aromatic rings. The molecule has 0 aromatic heterocycles. The van der Waals surface area contributed by atoms with Gasteiger partial charge in [-0.15, -0.1) is 0 Å². The topological polar surface area (TPSA) is 121 Å². The van der Waals surface area contributed by atoms with Gasteiger partial charge in [0.2, 0.25) is 20.2 Å². The molecule has 9 nitrogen and oxygen atoms in total. The first kappa shape index (κ1) is 25.0. The summed E-state index contributed by atoms with van der Waals surface area (Å²) in [4.78, 5) is 17.6. The average molecular weight is 533 g/mol. The molecule has 35 heavy (non-hydrogen) atoms. The minimum absolute atomic E-state index is 0.0274. The summed E-state index contributed by atoms with van der Waals surface area (Å²) < 4.78 is 40.1. The molecule has 0 fully saturated rings. The van der Waals surface area contributed by atoms with Gasteiger partial charge in [-0.2, -0.15) is 9.39 Å². The Bertz CT molecular complexity index is 1420. The smallest absolute Gasteiger partial charge is 0.283 e. The Morgan fingerprint density at radius 3 is 2.60 bits per heavy atom. The van der Waals surface area contributed by atoms with Gasteiger partial charge in [0.15, 0.2) is 11.5 Å². The van der Waals surface area contributed by atoms with Gasteiger partial charge in [0.25, 0.3) is 5.91 Å². The van der Waals surface area contributed by atoms with Crippen molar-refractivity contribution < 1.29 is 22.7 Å². The summed E-state index contributed by atoms with van der Waals surface area (Å²) in [7, 11) is -2.27. The quantitative estimate of drug-likeness (QED) is 0.436. The van der Waals surface area contributed by atoms with E-state index in [0.29, 0.717) is 17.1 Å². The van der Waals surface area contributed by atoms with Crippen LogP contribution in [0, 0.1) is 12.3 Å². The van der Waals surface area contributed by atoms with Crippen LogP contribution in [0.4, 0.5) is 0 Å². The van der Waals surface area contributed by atoms with Crippen LogP contribution < -0.4 is 9.47 Å². The number of carbonyl (C=O) groups is 1. The van der Waals surface area contributed by atoms with Crippen molar-refractivity contribution in [3.8, 4) is 11.5 Å². The van der Waals surface area contributed by atoms with Gasteiger partial charge >= 0.3 is 0 Å². The van der Waals surface area contributed by atoms with Crippen molar-refractivity contribution >= 4 is 61.5 Å². The Morgan fingerprint density at radius 1 is 1.23 bits per heavy atom. The maximum atomic E-state index is 12.6. The zero-order chi connectivity index (χ0) is 25.3. The minimum Gasteiger partial charge on any atom is -0.493 e. The van der Waals surface area contributed by atoms with Gasteiger partial charge in [0.05, 0.1) is 35.4 Å². The molecule has 2 aromatic carbocycles. The Balaban J connectivity index is 1.64.